The van der Waals surface area contributed by atoms with Crippen LogP contribution in [0.1, 0.15) is 33.1 Å². The van der Waals surface area contributed by atoms with Crippen molar-refractivity contribution in [1.29, 1.82) is 5.26 Å². The van der Waals surface area contributed by atoms with E-state index in [0.717, 1.165) is 10.2 Å². The summed E-state index contributed by atoms with van der Waals surface area (Å²) in [7, 11) is 0. The van der Waals surface area contributed by atoms with Gasteiger partial charge in [-0.1, -0.05) is 13.8 Å². The van der Waals surface area contributed by atoms with E-state index in [-0.39, 0.29) is 24.8 Å². The van der Waals surface area contributed by atoms with Crippen LogP contribution in [0.5, 0.6) is 0 Å². The van der Waals surface area contributed by atoms with E-state index in [2.05, 4.69) is 10.6 Å². The van der Waals surface area contributed by atoms with Gasteiger partial charge < -0.3 is 20.9 Å². The van der Waals surface area contributed by atoms with Crippen molar-refractivity contribution in [2.75, 3.05) is 13.1 Å². The van der Waals surface area contributed by atoms with Crippen molar-refractivity contribution in [2.24, 2.45) is 23.2 Å². The van der Waals surface area contributed by atoms with E-state index in [1.54, 1.807) is 13.8 Å². The Morgan fingerprint density at radius 1 is 1.19 bits per heavy atom. The number of carbonyl (C=O) groups excluding carboxylic acids is 4. The van der Waals surface area contributed by atoms with Crippen LogP contribution in [0.15, 0.2) is 0 Å². The molecule has 0 radical (unpaired) electrons. The molecule has 3 rings (SSSR count). The number of alkyl halides is 6. The first-order chi connectivity index (χ1) is 16.5. The average Bonchev–Trinajstić information content (AvgIpc) is 3.09. The third kappa shape index (κ3) is 5.67. The highest BCUT2D eigenvalue weighted by molar-refractivity contribution is 5.94. The highest BCUT2D eigenvalue weighted by Gasteiger charge is 2.69. The molecule has 1 aliphatic carbocycles. The number of fused-ring (bicyclic) bond motifs is 1. The number of piperidine rings is 1. The number of hydrogen-bond donors (Lipinski definition) is 3. The van der Waals surface area contributed by atoms with Crippen molar-refractivity contribution < 1.29 is 45.5 Å². The minimum absolute atomic E-state index is 0.0232. The molecule has 3 fully saturated rings. The molecule has 0 aromatic rings. The van der Waals surface area contributed by atoms with Crippen LogP contribution in [0.2, 0.25) is 0 Å². The lowest BCUT2D eigenvalue weighted by Gasteiger charge is -2.33. The Kier molecular flexibility index (Phi) is 7.22. The largest absolute Gasteiger partial charge is 0.471 e. The molecular weight excluding hydrogens is 500 g/mol. The second kappa shape index (κ2) is 9.44. The van der Waals surface area contributed by atoms with Crippen LogP contribution in [-0.2, 0) is 19.2 Å². The minimum atomic E-state index is -5.53. The van der Waals surface area contributed by atoms with Crippen LogP contribution in [-0.4, -0.2) is 72.1 Å². The van der Waals surface area contributed by atoms with Crippen LogP contribution in [0.25, 0.3) is 0 Å². The van der Waals surface area contributed by atoms with Crippen LogP contribution in [0, 0.1) is 34.5 Å². The first kappa shape index (κ1) is 27.5. The summed E-state index contributed by atoms with van der Waals surface area (Å²) in [5.41, 5.74) is -0.485. The maximum Gasteiger partial charge on any atom is 0.471 e. The number of nitrogens with zero attached hydrogens (tertiary/aromatic N) is 2. The summed E-state index contributed by atoms with van der Waals surface area (Å²) in [5.74, 6) is -6.70. The molecule has 1 saturated carbocycles. The quantitative estimate of drug-likeness (QED) is 0.427. The molecule has 36 heavy (non-hydrogen) atoms. The summed E-state index contributed by atoms with van der Waals surface area (Å²) in [6, 6.07) is -3.24. The standard InChI is InChI=1S/C21H25F6N5O4/c1-19(2)11-8-32(17(35)12(6-20(22,23)24)31-18(36)21(25,26)27)14(13(11)19)16(34)30-10(7-28)5-9-3-4-29-15(9)33/h9-14H,3-6,8H2,1-2H3,(H,29,33)(H,30,34)(H,31,36)/t9-,10-,11-,12-,13-,14-/m0/s1. The third-order valence-electron chi connectivity index (χ3n) is 7.21. The average molecular weight is 525 g/mol. The molecule has 0 aromatic heterocycles. The predicted molar refractivity (Wildman–Crippen MR) is 108 cm³/mol. The molecule has 0 spiro atoms. The SMILES string of the molecule is CC1(C)[C@@H]2[C@@H](C(=O)N[C@H](C#N)C[C@@H]3CCNC3=O)N(C(=O)[C@H](CC(F)(F)F)NC(=O)C(F)(F)F)C[C@@H]21. The minimum Gasteiger partial charge on any atom is -0.356 e. The second-order valence-electron chi connectivity index (χ2n) is 9.93. The lowest BCUT2D eigenvalue weighted by molar-refractivity contribution is -0.179. The van der Waals surface area contributed by atoms with Crippen molar-refractivity contribution in [1.82, 2.24) is 20.9 Å². The maximum atomic E-state index is 13.2. The number of hydrogen-bond acceptors (Lipinski definition) is 5. The third-order valence-corrected chi connectivity index (χ3v) is 7.21. The van der Waals surface area contributed by atoms with Gasteiger partial charge in [0.15, 0.2) is 0 Å². The molecule has 200 valence electrons. The predicted octanol–water partition coefficient (Wildman–Crippen LogP) is 1.00. The van der Waals surface area contributed by atoms with Crippen molar-refractivity contribution in [2.45, 2.75) is 63.6 Å². The highest BCUT2D eigenvalue weighted by Crippen LogP contribution is 2.65. The molecule has 9 nitrogen and oxygen atoms in total. The lowest BCUT2D eigenvalue weighted by atomic mass is 9.97. The van der Waals surface area contributed by atoms with E-state index < -0.39 is 71.9 Å². The van der Waals surface area contributed by atoms with Crippen molar-refractivity contribution >= 4 is 23.6 Å². The van der Waals surface area contributed by atoms with Gasteiger partial charge in [0, 0.05) is 19.0 Å². The zero-order chi connectivity index (χ0) is 27.2. The van der Waals surface area contributed by atoms with E-state index >= 15 is 0 Å². The number of rotatable bonds is 7. The van der Waals surface area contributed by atoms with Gasteiger partial charge in [-0.05, 0) is 30.1 Å². The summed E-state index contributed by atoms with van der Waals surface area (Å²) >= 11 is 0. The smallest absolute Gasteiger partial charge is 0.356 e. The first-order valence-corrected chi connectivity index (χ1v) is 11.2. The second-order valence-corrected chi connectivity index (χ2v) is 9.93. The number of halogens is 6. The Labute approximate surface area is 201 Å². The number of carbonyl (C=O) groups is 4. The molecule has 6 atom stereocenters. The number of amides is 4. The van der Waals surface area contributed by atoms with E-state index in [9.17, 15) is 50.8 Å². The summed E-state index contributed by atoms with van der Waals surface area (Å²) in [6.07, 6.45) is -12.3. The Hall–Kier alpha value is -3.05. The normalized spacial score (nSPS) is 28.4. The number of nitriles is 1. The van der Waals surface area contributed by atoms with Crippen LogP contribution >= 0.6 is 0 Å². The number of nitrogens with one attached hydrogen (secondary N) is 3. The van der Waals surface area contributed by atoms with Crippen LogP contribution in [0.4, 0.5) is 26.3 Å². The Morgan fingerprint density at radius 3 is 2.33 bits per heavy atom. The fraction of sp³-hybridized carbons (Fsp3) is 0.762. The van der Waals surface area contributed by atoms with Gasteiger partial charge in [-0.3, -0.25) is 19.2 Å². The van der Waals surface area contributed by atoms with Crippen LogP contribution < -0.4 is 16.0 Å². The van der Waals surface area contributed by atoms with Gasteiger partial charge in [0.2, 0.25) is 17.7 Å². The zero-order valence-corrected chi connectivity index (χ0v) is 19.3. The molecule has 15 heteroatoms. The zero-order valence-electron chi connectivity index (χ0n) is 19.3. The van der Waals surface area contributed by atoms with Crippen molar-refractivity contribution in [3.8, 4) is 6.07 Å². The monoisotopic (exact) mass is 525 g/mol. The fourth-order valence-corrected chi connectivity index (χ4v) is 5.24. The maximum absolute atomic E-state index is 13.2. The van der Waals surface area contributed by atoms with Crippen LogP contribution in [0.3, 0.4) is 0 Å². The Balaban J connectivity index is 1.80. The van der Waals surface area contributed by atoms with E-state index in [4.69, 9.17) is 0 Å². The molecule has 2 aliphatic heterocycles. The van der Waals surface area contributed by atoms with Crippen molar-refractivity contribution in [3.63, 3.8) is 0 Å². The van der Waals surface area contributed by atoms with E-state index in [1.165, 1.54) is 0 Å². The Bertz CT molecular complexity index is 975. The first-order valence-electron chi connectivity index (χ1n) is 11.2. The van der Waals surface area contributed by atoms with Gasteiger partial charge in [-0.15, -0.1) is 0 Å². The van der Waals surface area contributed by atoms with Gasteiger partial charge in [0.05, 0.1) is 12.5 Å². The molecule has 0 bridgehead atoms. The highest BCUT2D eigenvalue weighted by atomic mass is 19.4. The van der Waals surface area contributed by atoms with Gasteiger partial charge in [-0.25, -0.2) is 0 Å². The molecule has 3 N–H and O–H groups in total. The molecular formula is C21H25F6N5O4. The van der Waals surface area contributed by atoms with Gasteiger partial charge >= 0.3 is 18.3 Å². The summed E-state index contributed by atoms with van der Waals surface area (Å²) in [4.78, 5) is 50.0. The molecule has 2 heterocycles. The molecule has 4 amide bonds. The van der Waals surface area contributed by atoms with E-state index in [0.29, 0.717) is 13.0 Å². The molecule has 3 aliphatic rings. The molecule has 0 aromatic carbocycles. The topological polar surface area (TPSA) is 131 Å². The summed E-state index contributed by atoms with van der Waals surface area (Å²) < 4.78 is 77.3. The van der Waals surface area contributed by atoms with E-state index in [1.807, 2.05) is 6.07 Å². The molecule has 2 saturated heterocycles. The lowest BCUT2D eigenvalue weighted by Crippen LogP contribution is -2.58. The van der Waals surface area contributed by atoms with Crippen molar-refractivity contribution in [3.05, 3.63) is 0 Å². The van der Waals surface area contributed by atoms with Gasteiger partial charge in [0.25, 0.3) is 0 Å². The summed E-state index contributed by atoms with van der Waals surface area (Å²) in [6.45, 7) is 3.75. The van der Waals surface area contributed by atoms with Gasteiger partial charge in [-0.2, -0.15) is 31.6 Å². The fourth-order valence-electron chi connectivity index (χ4n) is 5.24. The summed E-state index contributed by atoms with van der Waals surface area (Å²) in [5, 5.41) is 15.6. The number of likely N-dealkylation sites (tertiary alicyclic amines) is 1. The molecule has 0 unspecified atom stereocenters. The Morgan fingerprint density at radius 2 is 1.83 bits per heavy atom. The van der Waals surface area contributed by atoms with Gasteiger partial charge in [0.1, 0.15) is 18.1 Å².